The first-order chi connectivity index (χ1) is 18.4. The maximum atomic E-state index is 13.5. The smallest absolute Gasteiger partial charge is 0.416 e. The van der Waals surface area contributed by atoms with E-state index in [0.717, 1.165) is 12.1 Å². The van der Waals surface area contributed by atoms with Crippen molar-refractivity contribution < 1.29 is 35.9 Å². The van der Waals surface area contributed by atoms with Crippen LogP contribution in [0.25, 0.3) is 0 Å². The van der Waals surface area contributed by atoms with E-state index in [2.05, 4.69) is 10.5 Å². The fourth-order valence-electron chi connectivity index (χ4n) is 3.56. The highest BCUT2D eigenvalue weighted by molar-refractivity contribution is 7.92. The molecule has 0 atom stereocenters. The topological polar surface area (TPSA) is 97.3 Å². The SMILES string of the molecule is CC/C(=N\NC(=O)CN(c1cc(C(F)(F)F)ccc1Cl)S(=O)(=O)c1ccccc1)c1ccc(OC)c(OC)c1. The monoisotopic (exact) mass is 583 g/mol. The maximum Gasteiger partial charge on any atom is 0.416 e. The molecule has 0 radical (unpaired) electrons. The molecule has 1 amide bonds. The van der Waals surface area contributed by atoms with Gasteiger partial charge >= 0.3 is 6.18 Å². The molecule has 208 valence electrons. The number of anilines is 1. The lowest BCUT2D eigenvalue weighted by Crippen LogP contribution is -2.40. The summed E-state index contributed by atoms with van der Waals surface area (Å²) in [7, 11) is -1.56. The minimum atomic E-state index is -4.77. The molecule has 13 heteroatoms. The lowest BCUT2D eigenvalue weighted by molar-refractivity contribution is -0.137. The molecule has 1 N–H and O–H groups in total. The first kappa shape index (κ1) is 29.8. The van der Waals surface area contributed by atoms with Crippen LogP contribution >= 0.6 is 11.6 Å². The number of hydrogen-bond donors (Lipinski definition) is 1. The predicted octanol–water partition coefficient (Wildman–Crippen LogP) is 5.50. The van der Waals surface area contributed by atoms with Crippen molar-refractivity contribution >= 4 is 38.9 Å². The molecule has 3 rings (SSSR count). The molecule has 8 nitrogen and oxygen atoms in total. The molecule has 0 saturated heterocycles. The van der Waals surface area contributed by atoms with Gasteiger partial charge in [-0.3, -0.25) is 9.10 Å². The van der Waals surface area contributed by atoms with Crippen molar-refractivity contribution in [3.8, 4) is 11.5 Å². The quantitative estimate of drug-likeness (QED) is 0.251. The molecule has 0 fully saturated rings. The Bertz CT molecular complexity index is 1470. The summed E-state index contributed by atoms with van der Waals surface area (Å²) in [5.41, 5.74) is 1.68. The maximum absolute atomic E-state index is 13.5. The molecule has 0 heterocycles. The number of methoxy groups -OCH3 is 2. The van der Waals surface area contributed by atoms with Crippen LogP contribution in [0.4, 0.5) is 18.9 Å². The third kappa shape index (κ3) is 7.01. The zero-order chi connectivity index (χ0) is 28.8. The molecule has 3 aromatic carbocycles. The van der Waals surface area contributed by atoms with E-state index < -0.39 is 39.9 Å². The normalized spacial score (nSPS) is 12.1. The van der Waals surface area contributed by atoms with Gasteiger partial charge in [0.25, 0.3) is 15.9 Å². The fraction of sp³-hybridized carbons (Fsp3) is 0.231. The van der Waals surface area contributed by atoms with Gasteiger partial charge in [0, 0.05) is 5.56 Å². The van der Waals surface area contributed by atoms with Crippen molar-refractivity contribution in [3.05, 3.63) is 82.9 Å². The summed E-state index contributed by atoms with van der Waals surface area (Å²) in [6, 6.07) is 14.2. The molecule has 39 heavy (non-hydrogen) atoms. The first-order valence-electron chi connectivity index (χ1n) is 11.4. The Labute approximate surface area is 229 Å². The van der Waals surface area contributed by atoms with Gasteiger partial charge in [-0.25, -0.2) is 13.8 Å². The zero-order valence-electron chi connectivity index (χ0n) is 21.1. The van der Waals surface area contributed by atoms with Crippen LogP contribution in [0, 0.1) is 0 Å². The van der Waals surface area contributed by atoms with Gasteiger partial charge in [0.2, 0.25) is 0 Å². The van der Waals surface area contributed by atoms with Crippen LogP contribution in [-0.2, 0) is 21.0 Å². The lowest BCUT2D eigenvalue weighted by atomic mass is 10.1. The summed E-state index contributed by atoms with van der Waals surface area (Å²) >= 11 is 6.15. The van der Waals surface area contributed by atoms with Crippen molar-refractivity contribution in [2.75, 3.05) is 25.1 Å². The van der Waals surface area contributed by atoms with Crippen LogP contribution < -0.4 is 19.2 Å². The second-order valence-corrected chi connectivity index (χ2v) is 10.3. The summed E-state index contributed by atoms with van der Waals surface area (Å²) in [4.78, 5) is 12.7. The molecule has 0 spiro atoms. The van der Waals surface area contributed by atoms with Crippen molar-refractivity contribution in [1.82, 2.24) is 5.43 Å². The van der Waals surface area contributed by atoms with E-state index in [0.29, 0.717) is 39.6 Å². The predicted molar refractivity (Wildman–Crippen MR) is 142 cm³/mol. The average molecular weight is 584 g/mol. The van der Waals surface area contributed by atoms with Crippen molar-refractivity contribution in [1.29, 1.82) is 0 Å². The minimum Gasteiger partial charge on any atom is -0.493 e. The molecule has 0 aliphatic rings. The Balaban J connectivity index is 1.99. The van der Waals surface area contributed by atoms with Crippen molar-refractivity contribution in [2.45, 2.75) is 24.4 Å². The molecule has 0 unspecified atom stereocenters. The second kappa shape index (κ2) is 12.4. The van der Waals surface area contributed by atoms with Crippen LogP contribution in [0.15, 0.2) is 76.7 Å². The standard InChI is InChI=1S/C26H25ClF3N3O5S/c1-4-21(17-10-13-23(37-2)24(14-17)38-3)31-32-25(34)16-33(39(35,36)19-8-6-5-7-9-19)22-15-18(26(28,29)30)11-12-20(22)27/h5-15H,4,16H2,1-3H3,(H,32,34)/b31-21+. The number of amides is 1. The van der Waals surface area contributed by atoms with Gasteiger partial charge in [-0.2, -0.15) is 18.3 Å². The molecular formula is C26H25ClF3N3O5S. The second-order valence-electron chi connectivity index (χ2n) is 8.01. The number of benzene rings is 3. The molecule has 0 aliphatic carbocycles. The molecular weight excluding hydrogens is 559 g/mol. The van der Waals surface area contributed by atoms with Gasteiger partial charge in [0.15, 0.2) is 11.5 Å². The number of nitrogens with zero attached hydrogens (tertiary/aromatic N) is 2. The molecule has 0 aliphatic heterocycles. The highest BCUT2D eigenvalue weighted by Gasteiger charge is 2.34. The number of halogens is 4. The fourth-order valence-corrected chi connectivity index (χ4v) is 5.28. The number of ether oxygens (including phenoxy) is 2. The van der Waals surface area contributed by atoms with Crippen LogP contribution in [0.3, 0.4) is 0 Å². The third-order valence-electron chi connectivity index (χ3n) is 5.53. The van der Waals surface area contributed by atoms with E-state index in [-0.39, 0.29) is 9.92 Å². The van der Waals surface area contributed by atoms with Gasteiger partial charge in [-0.1, -0.05) is 36.7 Å². The van der Waals surface area contributed by atoms with E-state index in [4.69, 9.17) is 21.1 Å². The van der Waals surface area contributed by atoms with Crippen molar-refractivity contribution in [2.24, 2.45) is 5.10 Å². The number of alkyl halides is 3. The minimum absolute atomic E-state index is 0.241. The summed E-state index contributed by atoms with van der Waals surface area (Å²) < 4.78 is 78.3. The Kier molecular flexibility index (Phi) is 9.46. The molecule has 0 aromatic heterocycles. The Morgan fingerprint density at radius 1 is 1.00 bits per heavy atom. The summed E-state index contributed by atoms with van der Waals surface area (Å²) in [6.07, 6.45) is -4.40. The average Bonchev–Trinajstić information content (AvgIpc) is 2.92. The van der Waals surface area contributed by atoms with Gasteiger partial charge in [0.1, 0.15) is 6.54 Å². The van der Waals surface area contributed by atoms with E-state index in [1.165, 1.54) is 38.5 Å². The number of nitrogens with one attached hydrogen (secondary N) is 1. The Morgan fingerprint density at radius 2 is 1.67 bits per heavy atom. The van der Waals surface area contributed by atoms with Crippen LogP contribution in [-0.4, -0.2) is 40.8 Å². The number of hydrogen-bond acceptors (Lipinski definition) is 6. The van der Waals surface area contributed by atoms with Gasteiger partial charge in [-0.05, 0) is 55.0 Å². The largest absolute Gasteiger partial charge is 0.493 e. The summed E-state index contributed by atoms with van der Waals surface area (Å²) in [6.45, 7) is 0.890. The van der Waals surface area contributed by atoms with Crippen LogP contribution in [0.2, 0.25) is 5.02 Å². The molecule has 0 bridgehead atoms. The molecule has 3 aromatic rings. The highest BCUT2D eigenvalue weighted by Crippen LogP contribution is 2.37. The van der Waals surface area contributed by atoms with E-state index in [1.54, 1.807) is 31.2 Å². The van der Waals surface area contributed by atoms with Gasteiger partial charge < -0.3 is 9.47 Å². The van der Waals surface area contributed by atoms with Crippen molar-refractivity contribution in [3.63, 3.8) is 0 Å². The lowest BCUT2D eigenvalue weighted by Gasteiger charge is -2.25. The number of carbonyl (C=O) groups excluding carboxylic acids is 1. The highest BCUT2D eigenvalue weighted by atomic mass is 35.5. The van der Waals surface area contributed by atoms with E-state index >= 15 is 0 Å². The summed E-state index contributed by atoms with van der Waals surface area (Å²) in [5.74, 6) is 0.0108. The van der Waals surface area contributed by atoms with E-state index in [9.17, 15) is 26.4 Å². The zero-order valence-corrected chi connectivity index (χ0v) is 22.7. The number of hydrazone groups is 1. The van der Waals surface area contributed by atoms with E-state index in [1.807, 2.05) is 0 Å². The Hall–Kier alpha value is -3.77. The summed E-state index contributed by atoms with van der Waals surface area (Å²) in [5, 5.41) is 3.82. The van der Waals surface area contributed by atoms with Gasteiger partial charge in [0.05, 0.1) is 41.1 Å². The third-order valence-corrected chi connectivity index (χ3v) is 7.62. The number of carbonyl (C=O) groups is 1. The molecule has 0 saturated carbocycles. The van der Waals surface area contributed by atoms with Crippen LogP contribution in [0.5, 0.6) is 11.5 Å². The first-order valence-corrected chi connectivity index (χ1v) is 13.3. The van der Waals surface area contributed by atoms with Crippen LogP contribution in [0.1, 0.15) is 24.5 Å². The number of rotatable bonds is 10. The number of sulfonamides is 1. The Morgan fingerprint density at radius 3 is 2.26 bits per heavy atom. The van der Waals surface area contributed by atoms with Gasteiger partial charge in [-0.15, -0.1) is 0 Å².